The molecule has 0 amide bonds. The van der Waals surface area contributed by atoms with Crippen molar-refractivity contribution in [3.05, 3.63) is 72.8 Å². The van der Waals surface area contributed by atoms with Crippen molar-refractivity contribution in [3.8, 4) is 34.0 Å². The maximum atomic E-state index is 10.1. The molecule has 0 aliphatic carbocycles. The van der Waals surface area contributed by atoms with Crippen LogP contribution < -0.4 is 0 Å². The number of fused-ring (bicyclic) bond motifs is 1. The molecule has 0 spiro atoms. The van der Waals surface area contributed by atoms with E-state index < -0.39 is 0 Å². The number of aromatic hydroxyl groups is 2. The molecule has 0 aliphatic rings. The summed E-state index contributed by atoms with van der Waals surface area (Å²) in [5, 5.41) is 19.6. The molecule has 0 fully saturated rings. The Kier molecular flexibility index (Phi) is 3.35. The van der Waals surface area contributed by atoms with E-state index in [4.69, 9.17) is 4.98 Å². The maximum Gasteiger partial charge on any atom is 0.143 e. The zero-order valence-corrected chi connectivity index (χ0v) is 12.7. The molecule has 4 nitrogen and oxygen atoms in total. The van der Waals surface area contributed by atoms with Gasteiger partial charge in [-0.15, -0.1) is 0 Å². The van der Waals surface area contributed by atoms with Crippen LogP contribution in [0.4, 0.5) is 0 Å². The average Bonchev–Trinajstić information content (AvgIpc) is 2.62. The van der Waals surface area contributed by atoms with E-state index in [1.807, 2.05) is 36.4 Å². The molecule has 0 aliphatic heterocycles. The number of benzene rings is 3. The minimum absolute atomic E-state index is 0.106. The first-order valence-corrected chi connectivity index (χ1v) is 7.57. The third-order valence-corrected chi connectivity index (χ3v) is 3.86. The smallest absolute Gasteiger partial charge is 0.143 e. The van der Waals surface area contributed by atoms with Crippen molar-refractivity contribution >= 4 is 11.0 Å². The molecule has 1 heterocycles. The van der Waals surface area contributed by atoms with Gasteiger partial charge in [-0.1, -0.05) is 36.4 Å². The van der Waals surface area contributed by atoms with Crippen LogP contribution in [0.15, 0.2) is 72.8 Å². The fourth-order valence-corrected chi connectivity index (χ4v) is 2.68. The van der Waals surface area contributed by atoms with Gasteiger partial charge in [0.05, 0.1) is 16.9 Å². The van der Waals surface area contributed by atoms with Crippen LogP contribution in [0.25, 0.3) is 33.5 Å². The third-order valence-electron chi connectivity index (χ3n) is 3.86. The van der Waals surface area contributed by atoms with Gasteiger partial charge in [0.2, 0.25) is 0 Å². The van der Waals surface area contributed by atoms with Crippen LogP contribution in [0.1, 0.15) is 0 Å². The summed E-state index contributed by atoms with van der Waals surface area (Å²) in [7, 11) is 0. The fourth-order valence-electron chi connectivity index (χ4n) is 2.68. The Morgan fingerprint density at radius 3 is 2.00 bits per heavy atom. The Balaban J connectivity index is 2.04. The SMILES string of the molecule is Oc1ccc(-c2nc3cccc(O)c3nc2-c2ccccc2)cc1. The standard InChI is InChI=1S/C20H14N2O2/c23-15-11-9-14(10-12-15)18-19(13-5-2-1-3-6-13)22-20-16(21-18)7-4-8-17(20)24/h1-12,23-24H. The lowest BCUT2D eigenvalue weighted by Gasteiger charge is -2.11. The quantitative estimate of drug-likeness (QED) is 0.576. The summed E-state index contributed by atoms with van der Waals surface area (Å²) in [6.07, 6.45) is 0. The number of rotatable bonds is 2. The van der Waals surface area contributed by atoms with E-state index in [0.29, 0.717) is 22.4 Å². The first-order chi connectivity index (χ1) is 11.7. The van der Waals surface area contributed by atoms with Gasteiger partial charge in [-0.25, -0.2) is 9.97 Å². The minimum atomic E-state index is 0.106. The Morgan fingerprint density at radius 1 is 0.583 bits per heavy atom. The molecule has 4 rings (SSSR count). The van der Waals surface area contributed by atoms with Crippen molar-refractivity contribution in [1.82, 2.24) is 9.97 Å². The van der Waals surface area contributed by atoms with Gasteiger partial charge in [-0.2, -0.15) is 0 Å². The van der Waals surface area contributed by atoms with Crippen molar-refractivity contribution in [1.29, 1.82) is 0 Å². The molecule has 0 radical (unpaired) electrons. The van der Waals surface area contributed by atoms with Gasteiger partial charge in [0.1, 0.15) is 17.0 Å². The number of phenolic OH excluding ortho intramolecular Hbond substituents is 2. The van der Waals surface area contributed by atoms with Gasteiger partial charge < -0.3 is 10.2 Å². The molecular formula is C20H14N2O2. The summed E-state index contributed by atoms with van der Waals surface area (Å²) in [5.41, 5.74) is 4.26. The summed E-state index contributed by atoms with van der Waals surface area (Å²) in [4.78, 5) is 9.38. The second-order valence-electron chi connectivity index (χ2n) is 5.48. The fraction of sp³-hybridized carbons (Fsp3) is 0. The molecule has 116 valence electrons. The van der Waals surface area contributed by atoms with E-state index in [2.05, 4.69) is 4.98 Å². The summed E-state index contributed by atoms with van der Waals surface area (Å²) in [6, 6.07) is 21.8. The second-order valence-corrected chi connectivity index (χ2v) is 5.48. The first kappa shape index (κ1) is 14.2. The first-order valence-electron chi connectivity index (χ1n) is 7.57. The van der Waals surface area contributed by atoms with E-state index in [1.54, 1.807) is 36.4 Å². The molecule has 3 aromatic carbocycles. The molecule has 24 heavy (non-hydrogen) atoms. The second kappa shape index (κ2) is 5.66. The summed E-state index contributed by atoms with van der Waals surface area (Å²) < 4.78 is 0. The lowest BCUT2D eigenvalue weighted by Crippen LogP contribution is -1.95. The zero-order valence-electron chi connectivity index (χ0n) is 12.7. The number of aromatic nitrogens is 2. The third kappa shape index (κ3) is 2.44. The van der Waals surface area contributed by atoms with E-state index in [0.717, 1.165) is 11.1 Å². The van der Waals surface area contributed by atoms with Gasteiger partial charge >= 0.3 is 0 Å². The summed E-state index contributed by atoms with van der Waals surface area (Å²) in [5.74, 6) is 0.306. The van der Waals surface area contributed by atoms with Crippen LogP contribution in [0.3, 0.4) is 0 Å². The van der Waals surface area contributed by atoms with E-state index in [-0.39, 0.29) is 11.5 Å². The predicted octanol–water partition coefficient (Wildman–Crippen LogP) is 4.38. The highest BCUT2D eigenvalue weighted by atomic mass is 16.3. The van der Waals surface area contributed by atoms with E-state index >= 15 is 0 Å². The number of hydrogen-bond acceptors (Lipinski definition) is 4. The monoisotopic (exact) mass is 314 g/mol. The van der Waals surface area contributed by atoms with Crippen LogP contribution in [0.5, 0.6) is 11.5 Å². The van der Waals surface area contributed by atoms with Gasteiger partial charge in [-0.05, 0) is 36.4 Å². The normalized spacial score (nSPS) is 10.8. The van der Waals surface area contributed by atoms with Gasteiger partial charge in [-0.3, -0.25) is 0 Å². The Bertz CT molecular complexity index is 1010. The van der Waals surface area contributed by atoms with Crippen molar-refractivity contribution in [3.63, 3.8) is 0 Å². The molecule has 4 aromatic rings. The van der Waals surface area contributed by atoms with Crippen LogP contribution in [-0.4, -0.2) is 20.2 Å². The molecule has 4 heteroatoms. The van der Waals surface area contributed by atoms with Crippen molar-refractivity contribution in [2.75, 3.05) is 0 Å². The molecule has 2 N–H and O–H groups in total. The lowest BCUT2D eigenvalue weighted by molar-refractivity contribution is 0.475. The molecule has 0 unspecified atom stereocenters. The molecule has 0 atom stereocenters. The van der Waals surface area contributed by atoms with Crippen LogP contribution in [0.2, 0.25) is 0 Å². The average molecular weight is 314 g/mol. The van der Waals surface area contributed by atoms with Gasteiger partial charge in [0.25, 0.3) is 0 Å². The molecule has 0 bridgehead atoms. The Morgan fingerprint density at radius 2 is 1.25 bits per heavy atom. The largest absolute Gasteiger partial charge is 0.508 e. The summed E-state index contributed by atoms with van der Waals surface area (Å²) >= 11 is 0. The molecule has 0 saturated carbocycles. The minimum Gasteiger partial charge on any atom is -0.508 e. The predicted molar refractivity (Wildman–Crippen MR) is 93.7 cm³/mol. The molecular weight excluding hydrogens is 300 g/mol. The van der Waals surface area contributed by atoms with Crippen LogP contribution in [0, 0.1) is 0 Å². The highest BCUT2D eigenvalue weighted by molar-refractivity contribution is 5.89. The van der Waals surface area contributed by atoms with Crippen LogP contribution >= 0.6 is 0 Å². The van der Waals surface area contributed by atoms with Crippen LogP contribution in [-0.2, 0) is 0 Å². The molecule has 1 aromatic heterocycles. The maximum absolute atomic E-state index is 10.1. The Labute approximate surface area is 138 Å². The van der Waals surface area contributed by atoms with Gasteiger partial charge in [0.15, 0.2) is 0 Å². The number of para-hydroxylation sites is 1. The topological polar surface area (TPSA) is 66.2 Å². The Hall–Kier alpha value is -3.40. The van der Waals surface area contributed by atoms with Crippen molar-refractivity contribution < 1.29 is 10.2 Å². The van der Waals surface area contributed by atoms with E-state index in [9.17, 15) is 10.2 Å². The number of phenols is 2. The van der Waals surface area contributed by atoms with Crippen molar-refractivity contribution in [2.45, 2.75) is 0 Å². The van der Waals surface area contributed by atoms with Gasteiger partial charge in [0, 0.05) is 11.1 Å². The van der Waals surface area contributed by atoms with E-state index in [1.165, 1.54) is 0 Å². The summed E-state index contributed by atoms with van der Waals surface area (Å²) in [6.45, 7) is 0. The number of nitrogens with zero attached hydrogens (tertiary/aromatic N) is 2. The number of hydrogen-bond donors (Lipinski definition) is 2. The zero-order chi connectivity index (χ0) is 16.5. The highest BCUT2D eigenvalue weighted by Crippen LogP contribution is 2.33. The van der Waals surface area contributed by atoms with Crippen molar-refractivity contribution in [2.24, 2.45) is 0 Å². The highest BCUT2D eigenvalue weighted by Gasteiger charge is 2.14. The lowest BCUT2D eigenvalue weighted by atomic mass is 10.0. The molecule has 0 saturated heterocycles.